The number of aliphatic carboxylic acids is 1. The van der Waals surface area contributed by atoms with Crippen molar-refractivity contribution in [3.63, 3.8) is 0 Å². The van der Waals surface area contributed by atoms with Gasteiger partial charge < -0.3 is 44.5 Å². The van der Waals surface area contributed by atoms with E-state index in [2.05, 4.69) is 10.2 Å². The molecule has 2 bridgehead atoms. The number of carboxylic acids is 1. The summed E-state index contributed by atoms with van der Waals surface area (Å²) in [5, 5.41) is 34.7. The first kappa shape index (κ1) is 33.2. The summed E-state index contributed by atoms with van der Waals surface area (Å²) in [6.07, 6.45) is -2.10. The van der Waals surface area contributed by atoms with Crippen LogP contribution in [0.25, 0.3) is 0 Å². The Morgan fingerprint density at radius 2 is 1.87 bits per heavy atom. The van der Waals surface area contributed by atoms with E-state index in [-0.39, 0.29) is 42.1 Å². The number of aliphatic hydroxyl groups is 1. The standard InChI is InChI=1S/C32H40N2O12/c1-15(2)12-19(29(39)40)33-28(38)16(3)43-30(41)22(44-17(4)35)14-24(37)45-21-8-9-32(42)23-13-18-6-7-20(36)26-25(18)31(32,27(21)46-26)10-11-34(23)5/h6-8,15-16,19,22-23,27,36,42H,9-14H2,1-5H3,(H,33,38)(H,39,40)/t16-,19-,22-,23+,27-,31-,32+/m0/s1. The minimum atomic E-state index is -1.77. The topological polar surface area (TPSA) is 198 Å². The number of hydrogen-bond acceptors (Lipinski definition) is 12. The predicted molar refractivity (Wildman–Crippen MR) is 157 cm³/mol. The smallest absolute Gasteiger partial charge is 0.348 e. The molecule has 0 aromatic heterocycles. The van der Waals surface area contributed by atoms with Crippen LogP contribution in [0.4, 0.5) is 0 Å². The van der Waals surface area contributed by atoms with Crippen LogP contribution in [0.2, 0.25) is 0 Å². The van der Waals surface area contributed by atoms with Crippen LogP contribution in [-0.4, -0.2) is 99.6 Å². The van der Waals surface area contributed by atoms with Gasteiger partial charge in [-0.25, -0.2) is 9.59 Å². The van der Waals surface area contributed by atoms with Gasteiger partial charge in [0.15, 0.2) is 23.7 Å². The van der Waals surface area contributed by atoms with Gasteiger partial charge in [0.25, 0.3) is 5.91 Å². The summed E-state index contributed by atoms with van der Waals surface area (Å²) in [6.45, 7) is 6.45. The zero-order valence-electron chi connectivity index (χ0n) is 26.4. The molecule has 5 rings (SSSR count). The van der Waals surface area contributed by atoms with Gasteiger partial charge in [0.1, 0.15) is 11.8 Å². The summed E-state index contributed by atoms with van der Waals surface area (Å²) in [5.74, 6) is -5.01. The van der Waals surface area contributed by atoms with Gasteiger partial charge in [0.2, 0.25) is 6.10 Å². The molecule has 1 saturated heterocycles. The minimum Gasteiger partial charge on any atom is -0.504 e. The van der Waals surface area contributed by atoms with E-state index < -0.39 is 71.6 Å². The number of carbonyl (C=O) groups excluding carboxylic acids is 4. The van der Waals surface area contributed by atoms with Crippen molar-refractivity contribution >= 4 is 29.8 Å². The molecule has 0 unspecified atom stereocenters. The van der Waals surface area contributed by atoms with Crippen LogP contribution in [-0.2, 0) is 50.0 Å². The number of amides is 1. The monoisotopic (exact) mass is 644 g/mol. The summed E-state index contributed by atoms with van der Waals surface area (Å²) in [5.41, 5.74) is -0.643. The molecule has 14 nitrogen and oxygen atoms in total. The highest BCUT2D eigenvalue weighted by molar-refractivity contribution is 5.89. The maximum absolute atomic E-state index is 13.3. The van der Waals surface area contributed by atoms with Crippen LogP contribution in [0.5, 0.6) is 11.5 Å². The van der Waals surface area contributed by atoms with E-state index in [0.717, 1.165) is 12.5 Å². The molecule has 0 saturated carbocycles. The van der Waals surface area contributed by atoms with Crippen LogP contribution in [0, 0.1) is 5.92 Å². The molecule has 1 aromatic carbocycles. The third-order valence-corrected chi connectivity index (χ3v) is 9.49. The average Bonchev–Trinajstić information content (AvgIpc) is 3.32. The van der Waals surface area contributed by atoms with Gasteiger partial charge >= 0.3 is 23.9 Å². The normalized spacial score (nSPS) is 27.7. The van der Waals surface area contributed by atoms with Crippen molar-refractivity contribution in [1.29, 1.82) is 0 Å². The largest absolute Gasteiger partial charge is 0.504 e. The Hall–Kier alpha value is -4.17. The quantitative estimate of drug-likeness (QED) is 0.197. The lowest BCUT2D eigenvalue weighted by Crippen LogP contribution is -2.74. The van der Waals surface area contributed by atoms with Crippen molar-refractivity contribution in [2.75, 3.05) is 13.6 Å². The molecule has 250 valence electrons. The number of phenols is 1. The van der Waals surface area contributed by atoms with Gasteiger partial charge in [-0.2, -0.15) is 0 Å². The number of likely N-dealkylation sites (tertiary alicyclic amines) is 1. The predicted octanol–water partition coefficient (Wildman–Crippen LogP) is 1.08. The first-order chi connectivity index (χ1) is 21.6. The molecule has 4 N–H and O–H groups in total. The molecule has 1 amide bonds. The lowest BCUT2D eigenvalue weighted by Gasteiger charge is -2.61. The molecule has 7 atom stereocenters. The molecule has 1 fully saturated rings. The Balaban J connectivity index is 1.31. The number of phenolic OH excluding ortho intramolecular Hbond substituents is 1. The fraction of sp³-hybridized carbons (Fsp3) is 0.594. The second-order valence-electron chi connectivity index (χ2n) is 13.0. The van der Waals surface area contributed by atoms with Gasteiger partial charge in [-0.1, -0.05) is 19.9 Å². The summed E-state index contributed by atoms with van der Waals surface area (Å²) in [6, 6.07) is 1.91. The molecule has 1 aromatic rings. The van der Waals surface area contributed by atoms with Crippen LogP contribution in [0.15, 0.2) is 24.0 Å². The van der Waals surface area contributed by atoms with Gasteiger partial charge in [-0.15, -0.1) is 0 Å². The van der Waals surface area contributed by atoms with Crippen molar-refractivity contribution in [1.82, 2.24) is 10.2 Å². The number of aromatic hydroxyl groups is 1. The highest BCUT2D eigenvalue weighted by Crippen LogP contribution is 2.65. The fourth-order valence-corrected chi connectivity index (χ4v) is 7.42. The van der Waals surface area contributed by atoms with Gasteiger partial charge in [0, 0.05) is 24.9 Å². The van der Waals surface area contributed by atoms with E-state index in [9.17, 15) is 39.3 Å². The van der Waals surface area contributed by atoms with Crippen LogP contribution in [0.3, 0.4) is 0 Å². The number of nitrogens with one attached hydrogen (secondary N) is 1. The van der Waals surface area contributed by atoms with Crippen LogP contribution < -0.4 is 10.1 Å². The van der Waals surface area contributed by atoms with Crippen molar-refractivity contribution in [2.24, 2.45) is 5.92 Å². The molecular formula is C32H40N2O12. The van der Waals surface area contributed by atoms with Crippen molar-refractivity contribution in [3.8, 4) is 11.5 Å². The molecule has 0 radical (unpaired) electrons. The number of piperidine rings is 1. The van der Waals surface area contributed by atoms with E-state index >= 15 is 0 Å². The number of ether oxygens (including phenoxy) is 4. The number of nitrogens with zero attached hydrogens (tertiary/aromatic N) is 1. The van der Waals surface area contributed by atoms with Crippen molar-refractivity contribution < 1.29 is 58.2 Å². The number of rotatable bonds is 11. The maximum Gasteiger partial charge on any atom is 0.348 e. The first-order valence-electron chi connectivity index (χ1n) is 15.3. The van der Waals surface area contributed by atoms with E-state index in [1.165, 1.54) is 6.92 Å². The third-order valence-electron chi connectivity index (χ3n) is 9.49. The zero-order chi connectivity index (χ0) is 33.7. The average molecular weight is 645 g/mol. The number of likely N-dealkylation sites (N-methyl/N-ethyl adjacent to an activating group) is 1. The number of hydrogen-bond donors (Lipinski definition) is 4. The summed E-state index contributed by atoms with van der Waals surface area (Å²) in [7, 11) is 1.95. The Labute approximate surface area is 265 Å². The Bertz CT molecular complexity index is 1490. The summed E-state index contributed by atoms with van der Waals surface area (Å²) in [4.78, 5) is 64.3. The van der Waals surface area contributed by atoms with E-state index in [1.807, 2.05) is 13.1 Å². The molecule has 4 aliphatic rings. The fourth-order valence-electron chi connectivity index (χ4n) is 7.42. The molecule has 14 heteroatoms. The maximum atomic E-state index is 13.3. The first-order valence-corrected chi connectivity index (χ1v) is 15.3. The summed E-state index contributed by atoms with van der Waals surface area (Å²) >= 11 is 0. The Morgan fingerprint density at radius 3 is 2.52 bits per heavy atom. The second-order valence-corrected chi connectivity index (χ2v) is 13.0. The van der Waals surface area contributed by atoms with Crippen LogP contribution in [0.1, 0.15) is 64.5 Å². The van der Waals surface area contributed by atoms with E-state index in [1.54, 1.807) is 26.0 Å². The molecule has 1 spiro atoms. The number of benzene rings is 1. The highest BCUT2D eigenvalue weighted by Gasteiger charge is 2.72. The SMILES string of the molecule is CC(=O)O[C@@H](CC(=O)OC1=CC[C@@]2(O)[C@H]3Cc4ccc(O)c5c4[C@@]2(CCN3C)[C@H]1O5)C(=O)O[C@@H](C)C(=O)N[C@@H](CC(C)C)C(=O)O. The lowest BCUT2D eigenvalue weighted by molar-refractivity contribution is -0.177. The highest BCUT2D eigenvalue weighted by atomic mass is 16.6. The Kier molecular flexibility index (Phi) is 8.81. The van der Waals surface area contributed by atoms with E-state index in [0.29, 0.717) is 24.9 Å². The third kappa shape index (κ3) is 5.57. The zero-order valence-corrected chi connectivity index (χ0v) is 26.4. The van der Waals surface area contributed by atoms with Gasteiger partial charge in [-0.3, -0.25) is 14.4 Å². The minimum absolute atomic E-state index is 0.0400. The second kappa shape index (κ2) is 12.2. The van der Waals surface area contributed by atoms with E-state index in [4.69, 9.17) is 18.9 Å². The lowest BCUT2D eigenvalue weighted by atomic mass is 9.50. The molecular weight excluding hydrogens is 604 g/mol. The van der Waals surface area contributed by atoms with Gasteiger partial charge in [0.05, 0.1) is 17.4 Å². The Morgan fingerprint density at radius 1 is 1.15 bits per heavy atom. The number of carboxylic acid groups (broad SMARTS) is 1. The molecule has 2 heterocycles. The summed E-state index contributed by atoms with van der Waals surface area (Å²) < 4.78 is 22.2. The number of esters is 3. The van der Waals surface area contributed by atoms with Crippen molar-refractivity contribution in [3.05, 3.63) is 35.1 Å². The molecule has 46 heavy (non-hydrogen) atoms. The molecule has 2 aliphatic carbocycles. The number of carbonyl (C=O) groups is 5. The van der Waals surface area contributed by atoms with Gasteiger partial charge in [-0.05, 0) is 63.4 Å². The molecule has 2 aliphatic heterocycles. The van der Waals surface area contributed by atoms with Crippen molar-refractivity contribution in [2.45, 2.75) is 101 Å². The van der Waals surface area contributed by atoms with Crippen LogP contribution >= 0.6 is 0 Å².